The summed E-state index contributed by atoms with van der Waals surface area (Å²) in [5.41, 5.74) is 0. The van der Waals surface area contributed by atoms with Crippen LogP contribution in [0.1, 0.15) is 25.7 Å². The molecule has 1 aromatic rings. The summed E-state index contributed by atoms with van der Waals surface area (Å²) in [4.78, 5) is 6.91. The number of nitrogens with zero attached hydrogens (tertiary/aromatic N) is 3. The standard InChI is InChI=1S/C12H21N3S/c1-14-10-6-13-12(14)16-11-5-9-15-7-3-2-4-8-15/h6,10H,2-5,7-9,11H2,1H3. The molecule has 1 fully saturated rings. The van der Waals surface area contributed by atoms with Gasteiger partial charge in [0.15, 0.2) is 5.16 Å². The maximum Gasteiger partial charge on any atom is 0.167 e. The quantitative estimate of drug-likeness (QED) is 0.581. The molecular formula is C12H21N3S. The van der Waals surface area contributed by atoms with Crippen molar-refractivity contribution in [2.24, 2.45) is 7.05 Å². The second-order valence-corrected chi connectivity index (χ2v) is 5.49. The van der Waals surface area contributed by atoms with Crippen molar-refractivity contribution >= 4 is 11.8 Å². The molecule has 0 aromatic carbocycles. The van der Waals surface area contributed by atoms with Crippen LogP contribution in [0.5, 0.6) is 0 Å². The molecule has 3 nitrogen and oxygen atoms in total. The average Bonchev–Trinajstić information content (AvgIpc) is 2.72. The van der Waals surface area contributed by atoms with E-state index < -0.39 is 0 Å². The number of piperidine rings is 1. The first-order chi connectivity index (χ1) is 7.86. The second-order valence-electron chi connectivity index (χ2n) is 4.43. The number of hydrogen-bond donors (Lipinski definition) is 0. The van der Waals surface area contributed by atoms with Gasteiger partial charge in [-0.3, -0.25) is 0 Å². The first-order valence-corrected chi connectivity index (χ1v) is 7.17. The normalized spacial score (nSPS) is 17.8. The van der Waals surface area contributed by atoms with E-state index in [1.54, 1.807) is 0 Å². The maximum absolute atomic E-state index is 4.31. The molecule has 2 heterocycles. The van der Waals surface area contributed by atoms with E-state index in [0.717, 1.165) is 5.16 Å². The van der Waals surface area contributed by atoms with Gasteiger partial charge in [0.1, 0.15) is 0 Å². The third-order valence-corrected chi connectivity index (χ3v) is 4.22. The Bertz CT molecular complexity index is 305. The number of imidazole rings is 1. The molecule has 4 heteroatoms. The van der Waals surface area contributed by atoms with Gasteiger partial charge in [-0.2, -0.15) is 0 Å². The molecule has 0 amide bonds. The van der Waals surface area contributed by atoms with Crippen LogP contribution in [0.3, 0.4) is 0 Å². The number of hydrogen-bond acceptors (Lipinski definition) is 3. The topological polar surface area (TPSA) is 21.1 Å². The van der Waals surface area contributed by atoms with Crippen LogP contribution in [-0.4, -0.2) is 39.8 Å². The Morgan fingerprint density at radius 2 is 2.12 bits per heavy atom. The zero-order valence-electron chi connectivity index (χ0n) is 10.1. The number of aryl methyl sites for hydroxylation is 1. The third-order valence-electron chi connectivity index (χ3n) is 3.08. The fourth-order valence-corrected chi connectivity index (χ4v) is 2.98. The average molecular weight is 239 g/mol. The molecule has 0 N–H and O–H groups in total. The minimum Gasteiger partial charge on any atom is -0.329 e. The van der Waals surface area contributed by atoms with Gasteiger partial charge < -0.3 is 9.47 Å². The molecular weight excluding hydrogens is 218 g/mol. The van der Waals surface area contributed by atoms with Gasteiger partial charge in [-0.15, -0.1) is 0 Å². The first-order valence-electron chi connectivity index (χ1n) is 6.19. The number of rotatable bonds is 5. The highest BCUT2D eigenvalue weighted by Gasteiger charge is 2.09. The SMILES string of the molecule is Cn1ccnc1SCCCN1CCCCC1. The van der Waals surface area contributed by atoms with Crippen LogP contribution in [0.15, 0.2) is 17.6 Å². The maximum atomic E-state index is 4.31. The van der Waals surface area contributed by atoms with Crippen LogP contribution in [-0.2, 0) is 7.05 Å². The van der Waals surface area contributed by atoms with Crippen LogP contribution in [0.4, 0.5) is 0 Å². The van der Waals surface area contributed by atoms with Crippen molar-refractivity contribution in [3.63, 3.8) is 0 Å². The van der Waals surface area contributed by atoms with Gasteiger partial charge in [0.25, 0.3) is 0 Å². The predicted octanol–water partition coefficient (Wildman–Crippen LogP) is 2.39. The van der Waals surface area contributed by atoms with E-state index in [0.29, 0.717) is 0 Å². The monoisotopic (exact) mass is 239 g/mol. The molecule has 0 aliphatic carbocycles. The van der Waals surface area contributed by atoms with Crippen LogP contribution in [0, 0.1) is 0 Å². The highest BCUT2D eigenvalue weighted by Crippen LogP contribution is 2.16. The van der Waals surface area contributed by atoms with Crippen LogP contribution >= 0.6 is 11.8 Å². The van der Waals surface area contributed by atoms with Crippen molar-refractivity contribution in [1.29, 1.82) is 0 Å². The Kier molecular flexibility index (Phi) is 4.72. The molecule has 0 unspecified atom stereocenters. The fourth-order valence-electron chi connectivity index (χ4n) is 2.13. The van der Waals surface area contributed by atoms with Gasteiger partial charge in [-0.1, -0.05) is 18.2 Å². The Balaban J connectivity index is 1.59. The summed E-state index contributed by atoms with van der Waals surface area (Å²) in [5.74, 6) is 1.18. The summed E-state index contributed by atoms with van der Waals surface area (Å²) in [6.45, 7) is 3.89. The largest absolute Gasteiger partial charge is 0.329 e. The van der Waals surface area contributed by atoms with E-state index in [2.05, 4.69) is 21.5 Å². The first kappa shape index (κ1) is 12.0. The summed E-state index contributed by atoms with van der Waals surface area (Å²) >= 11 is 1.87. The zero-order chi connectivity index (χ0) is 11.2. The molecule has 0 spiro atoms. The van der Waals surface area contributed by atoms with Gasteiger partial charge >= 0.3 is 0 Å². The summed E-state index contributed by atoms with van der Waals surface area (Å²) in [5, 5.41) is 1.14. The van der Waals surface area contributed by atoms with E-state index in [-0.39, 0.29) is 0 Å². The van der Waals surface area contributed by atoms with Crippen LogP contribution in [0.25, 0.3) is 0 Å². The van der Waals surface area contributed by atoms with Gasteiger partial charge in [-0.25, -0.2) is 4.98 Å². The van der Waals surface area contributed by atoms with Crippen molar-refractivity contribution in [3.8, 4) is 0 Å². The van der Waals surface area contributed by atoms with E-state index in [4.69, 9.17) is 0 Å². The molecule has 0 atom stereocenters. The zero-order valence-corrected chi connectivity index (χ0v) is 10.9. The lowest BCUT2D eigenvalue weighted by Gasteiger charge is -2.26. The molecule has 1 saturated heterocycles. The third kappa shape index (κ3) is 3.52. The molecule has 90 valence electrons. The number of likely N-dealkylation sites (tertiary alicyclic amines) is 1. The van der Waals surface area contributed by atoms with Gasteiger partial charge in [0, 0.05) is 25.2 Å². The molecule has 2 rings (SSSR count). The summed E-state index contributed by atoms with van der Waals surface area (Å²) in [6, 6.07) is 0. The van der Waals surface area contributed by atoms with Crippen molar-refractivity contribution in [2.45, 2.75) is 30.8 Å². The molecule has 16 heavy (non-hydrogen) atoms. The van der Waals surface area contributed by atoms with Crippen molar-refractivity contribution < 1.29 is 0 Å². The minimum absolute atomic E-state index is 1.14. The predicted molar refractivity (Wildman–Crippen MR) is 68.8 cm³/mol. The number of aromatic nitrogens is 2. The highest BCUT2D eigenvalue weighted by atomic mass is 32.2. The van der Waals surface area contributed by atoms with E-state index in [9.17, 15) is 0 Å². The smallest absolute Gasteiger partial charge is 0.167 e. The Morgan fingerprint density at radius 3 is 2.81 bits per heavy atom. The van der Waals surface area contributed by atoms with E-state index >= 15 is 0 Å². The summed E-state index contributed by atoms with van der Waals surface area (Å²) in [7, 11) is 2.06. The van der Waals surface area contributed by atoms with Crippen molar-refractivity contribution in [3.05, 3.63) is 12.4 Å². The van der Waals surface area contributed by atoms with E-state index in [1.807, 2.05) is 24.2 Å². The molecule has 0 bridgehead atoms. The Hall–Kier alpha value is -0.480. The van der Waals surface area contributed by atoms with Crippen LogP contribution < -0.4 is 0 Å². The van der Waals surface area contributed by atoms with Crippen molar-refractivity contribution in [1.82, 2.24) is 14.5 Å². The summed E-state index contributed by atoms with van der Waals surface area (Å²) < 4.78 is 2.09. The van der Waals surface area contributed by atoms with Gasteiger partial charge in [0.05, 0.1) is 0 Å². The lowest BCUT2D eigenvalue weighted by atomic mass is 10.1. The molecule has 0 radical (unpaired) electrons. The number of thioether (sulfide) groups is 1. The second kappa shape index (κ2) is 6.30. The van der Waals surface area contributed by atoms with Crippen molar-refractivity contribution in [2.75, 3.05) is 25.4 Å². The lowest BCUT2D eigenvalue weighted by molar-refractivity contribution is 0.230. The molecule has 1 aromatic heterocycles. The summed E-state index contributed by atoms with van der Waals surface area (Å²) in [6.07, 6.45) is 9.37. The van der Waals surface area contributed by atoms with Gasteiger partial charge in [0.2, 0.25) is 0 Å². The molecule has 1 aliphatic heterocycles. The van der Waals surface area contributed by atoms with Crippen LogP contribution in [0.2, 0.25) is 0 Å². The van der Waals surface area contributed by atoms with Gasteiger partial charge in [-0.05, 0) is 38.9 Å². The minimum atomic E-state index is 1.14. The highest BCUT2D eigenvalue weighted by molar-refractivity contribution is 7.99. The fraction of sp³-hybridized carbons (Fsp3) is 0.750. The molecule has 1 aliphatic rings. The van der Waals surface area contributed by atoms with E-state index in [1.165, 1.54) is 51.1 Å². The lowest BCUT2D eigenvalue weighted by Crippen LogP contribution is -2.30. The Morgan fingerprint density at radius 1 is 1.31 bits per heavy atom. The molecule has 0 saturated carbocycles. The Labute approximate surface area is 102 Å².